The Morgan fingerprint density at radius 1 is 1.12 bits per heavy atom. The van der Waals surface area contributed by atoms with E-state index in [0.717, 1.165) is 5.82 Å². The predicted octanol–water partition coefficient (Wildman–Crippen LogP) is 4.66. The van der Waals surface area contributed by atoms with Gasteiger partial charge in [-0.15, -0.1) is 0 Å². The molecule has 0 amide bonds. The predicted molar refractivity (Wildman–Crippen MR) is 92.1 cm³/mol. The van der Waals surface area contributed by atoms with E-state index < -0.39 is 12.1 Å². The van der Waals surface area contributed by atoms with Gasteiger partial charge in [-0.3, -0.25) is 0 Å². The molecular weight excluding hydrogens is 373 g/mol. The highest BCUT2D eigenvalue weighted by atomic mass is 32.2. The van der Waals surface area contributed by atoms with Gasteiger partial charge in [-0.2, -0.15) is 13.2 Å². The number of aliphatic carboxylic acids is 1. The van der Waals surface area contributed by atoms with E-state index in [1.807, 2.05) is 35.8 Å². The zero-order valence-corrected chi connectivity index (χ0v) is 14.1. The van der Waals surface area contributed by atoms with E-state index in [4.69, 9.17) is 9.90 Å². The van der Waals surface area contributed by atoms with Crippen LogP contribution in [0.5, 0.6) is 0 Å². The summed E-state index contributed by atoms with van der Waals surface area (Å²) in [5.41, 5.74) is 1.29. The van der Waals surface area contributed by atoms with Gasteiger partial charge in [0, 0.05) is 17.3 Å². The van der Waals surface area contributed by atoms with Crippen LogP contribution < -0.4 is 4.90 Å². The number of hydrogen-bond donors (Lipinski definition) is 1. The standard InChI is InChI=1S/C14H10N2S2.C2HF3O2/c1-2-5-10(6-3-1)12-9-16-13-11(7-4-8-15-13)17-14(16)18-12;3-2(4,5)1(6)7/h1-9,14H;(H,6,7). The summed E-state index contributed by atoms with van der Waals surface area (Å²) in [6.45, 7) is 0. The molecule has 4 rings (SSSR count). The number of aromatic nitrogens is 1. The lowest BCUT2D eigenvalue weighted by atomic mass is 10.2. The molecule has 2 aromatic rings. The number of benzene rings is 1. The number of alkyl halides is 3. The second-order valence-corrected chi connectivity index (χ2v) is 7.48. The zero-order chi connectivity index (χ0) is 18.0. The van der Waals surface area contributed by atoms with Crippen LogP contribution in [0.3, 0.4) is 0 Å². The van der Waals surface area contributed by atoms with E-state index in [0.29, 0.717) is 4.71 Å². The van der Waals surface area contributed by atoms with Gasteiger partial charge in [0.05, 0.1) is 4.90 Å². The minimum atomic E-state index is -5.08. The van der Waals surface area contributed by atoms with Crippen LogP contribution in [-0.4, -0.2) is 26.9 Å². The van der Waals surface area contributed by atoms with Crippen LogP contribution in [0.4, 0.5) is 19.0 Å². The second-order valence-electron chi connectivity index (χ2n) is 4.94. The van der Waals surface area contributed by atoms with Crippen LogP contribution in [0.25, 0.3) is 4.91 Å². The number of halogens is 3. The minimum absolute atomic E-state index is 0.408. The van der Waals surface area contributed by atoms with Crippen molar-refractivity contribution in [1.29, 1.82) is 0 Å². The average Bonchev–Trinajstić information content (AvgIpc) is 3.13. The summed E-state index contributed by atoms with van der Waals surface area (Å²) in [5.74, 6) is -1.67. The molecule has 0 saturated heterocycles. The number of carboxylic acids is 1. The molecule has 0 fully saturated rings. The SMILES string of the molecule is C1=C(c2ccccc2)SC2Sc3cccnc3N12.O=C(O)C(F)(F)F. The van der Waals surface area contributed by atoms with Crippen molar-refractivity contribution in [2.45, 2.75) is 15.8 Å². The van der Waals surface area contributed by atoms with Crippen molar-refractivity contribution in [3.05, 3.63) is 60.4 Å². The van der Waals surface area contributed by atoms with E-state index in [1.165, 1.54) is 15.4 Å². The Balaban J connectivity index is 0.000000225. The summed E-state index contributed by atoms with van der Waals surface area (Å²) in [6, 6.07) is 14.7. The summed E-state index contributed by atoms with van der Waals surface area (Å²) >= 11 is 3.78. The van der Waals surface area contributed by atoms with Crippen molar-refractivity contribution in [1.82, 2.24) is 4.98 Å². The maximum absolute atomic E-state index is 10.6. The van der Waals surface area contributed by atoms with Crippen molar-refractivity contribution in [2.75, 3.05) is 4.90 Å². The molecule has 0 spiro atoms. The van der Waals surface area contributed by atoms with Gasteiger partial charge in [0.2, 0.25) is 0 Å². The first-order valence-corrected chi connectivity index (χ1v) is 8.76. The van der Waals surface area contributed by atoms with Gasteiger partial charge in [-0.25, -0.2) is 9.78 Å². The zero-order valence-electron chi connectivity index (χ0n) is 12.5. The Bertz CT molecular complexity index is 813. The van der Waals surface area contributed by atoms with Gasteiger partial charge in [0.1, 0.15) is 10.5 Å². The molecule has 0 aliphatic carbocycles. The molecule has 1 aromatic heterocycles. The second kappa shape index (κ2) is 7.01. The summed E-state index contributed by atoms with van der Waals surface area (Å²) in [4.78, 5) is 18.2. The first kappa shape index (κ1) is 17.7. The molecule has 0 bridgehead atoms. The maximum Gasteiger partial charge on any atom is 0.490 e. The highest BCUT2D eigenvalue weighted by molar-refractivity contribution is 8.22. The van der Waals surface area contributed by atoms with E-state index in [2.05, 4.69) is 52.5 Å². The Morgan fingerprint density at radius 2 is 1.80 bits per heavy atom. The fraction of sp³-hybridized carbons (Fsp3) is 0.125. The molecule has 1 unspecified atom stereocenters. The molecule has 2 aliphatic heterocycles. The first-order chi connectivity index (χ1) is 11.9. The van der Waals surface area contributed by atoms with Gasteiger partial charge in [-0.1, -0.05) is 53.9 Å². The number of nitrogens with zero attached hydrogens (tertiary/aromatic N) is 2. The molecule has 2 aliphatic rings. The largest absolute Gasteiger partial charge is 0.490 e. The van der Waals surface area contributed by atoms with Crippen molar-refractivity contribution < 1.29 is 23.1 Å². The smallest absolute Gasteiger partial charge is 0.475 e. The van der Waals surface area contributed by atoms with Crippen LogP contribution in [0.2, 0.25) is 0 Å². The number of carboxylic acid groups (broad SMARTS) is 1. The van der Waals surface area contributed by atoms with Crippen molar-refractivity contribution in [3.8, 4) is 0 Å². The van der Waals surface area contributed by atoms with Crippen LogP contribution >= 0.6 is 23.5 Å². The van der Waals surface area contributed by atoms with Crippen LogP contribution in [-0.2, 0) is 4.79 Å². The number of hydrogen-bond acceptors (Lipinski definition) is 5. The Kier molecular flexibility index (Phi) is 4.96. The molecule has 4 nitrogen and oxygen atoms in total. The monoisotopic (exact) mass is 384 g/mol. The molecule has 3 heterocycles. The van der Waals surface area contributed by atoms with Gasteiger partial charge >= 0.3 is 12.1 Å². The minimum Gasteiger partial charge on any atom is -0.475 e. The third-order valence-corrected chi connectivity index (χ3v) is 5.84. The van der Waals surface area contributed by atoms with Crippen molar-refractivity contribution in [2.24, 2.45) is 0 Å². The topological polar surface area (TPSA) is 53.4 Å². The van der Waals surface area contributed by atoms with E-state index >= 15 is 0 Å². The lowest BCUT2D eigenvalue weighted by molar-refractivity contribution is -0.192. The third-order valence-electron chi connectivity index (χ3n) is 3.24. The average molecular weight is 384 g/mol. The van der Waals surface area contributed by atoms with Crippen LogP contribution in [0, 0.1) is 0 Å². The Labute approximate surface area is 149 Å². The number of pyridine rings is 1. The molecule has 1 N–H and O–H groups in total. The van der Waals surface area contributed by atoms with Crippen LogP contribution in [0.1, 0.15) is 5.56 Å². The lowest BCUT2D eigenvalue weighted by Gasteiger charge is -2.12. The summed E-state index contributed by atoms with van der Waals surface area (Å²) in [7, 11) is 0. The fourth-order valence-electron chi connectivity index (χ4n) is 2.15. The third kappa shape index (κ3) is 3.93. The van der Waals surface area contributed by atoms with Gasteiger partial charge in [0.25, 0.3) is 0 Å². The maximum atomic E-state index is 10.6. The van der Waals surface area contributed by atoms with E-state index in [-0.39, 0.29) is 0 Å². The van der Waals surface area contributed by atoms with Crippen molar-refractivity contribution >= 4 is 40.2 Å². The molecule has 9 heteroatoms. The fourth-order valence-corrected chi connectivity index (χ4v) is 4.81. The van der Waals surface area contributed by atoms with E-state index in [9.17, 15) is 13.2 Å². The quantitative estimate of drug-likeness (QED) is 0.772. The number of anilines is 1. The molecule has 0 radical (unpaired) electrons. The summed E-state index contributed by atoms with van der Waals surface area (Å²) < 4.78 is 32.1. The lowest BCUT2D eigenvalue weighted by Crippen LogP contribution is -2.21. The molecule has 1 atom stereocenters. The number of rotatable bonds is 1. The number of fused-ring (bicyclic) bond motifs is 3. The van der Waals surface area contributed by atoms with Crippen molar-refractivity contribution in [3.63, 3.8) is 0 Å². The van der Waals surface area contributed by atoms with Gasteiger partial charge in [-0.05, 0) is 17.7 Å². The normalized spacial score (nSPS) is 18.0. The molecular formula is C16H11F3N2O2S2. The van der Waals surface area contributed by atoms with E-state index in [1.54, 1.807) is 0 Å². The first-order valence-electron chi connectivity index (χ1n) is 7.00. The molecule has 130 valence electrons. The van der Waals surface area contributed by atoms with Gasteiger partial charge < -0.3 is 10.0 Å². The van der Waals surface area contributed by atoms with Crippen LogP contribution in [0.15, 0.2) is 59.8 Å². The highest BCUT2D eigenvalue weighted by Gasteiger charge is 2.38. The summed E-state index contributed by atoms with van der Waals surface area (Å²) in [5, 5.41) is 7.12. The molecule has 25 heavy (non-hydrogen) atoms. The Hall–Kier alpha value is -2.13. The highest BCUT2D eigenvalue weighted by Crippen LogP contribution is 2.54. The Morgan fingerprint density at radius 3 is 2.44 bits per heavy atom. The molecule has 0 saturated carbocycles. The number of carbonyl (C=O) groups is 1. The summed E-state index contributed by atoms with van der Waals surface area (Å²) in [6.07, 6.45) is -1.00. The molecule has 1 aromatic carbocycles. The van der Waals surface area contributed by atoms with Gasteiger partial charge in [0.15, 0.2) is 0 Å². The number of thioether (sulfide) groups is 2.